The fourth-order valence-corrected chi connectivity index (χ4v) is 7.78. The van der Waals surface area contributed by atoms with Crippen molar-refractivity contribution >= 4 is 5.78 Å². The summed E-state index contributed by atoms with van der Waals surface area (Å²) >= 11 is 0. The molecule has 2 spiro atoms. The fourth-order valence-electron chi connectivity index (χ4n) is 7.78. The third-order valence-corrected chi connectivity index (χ3v) is 9.57. The Balaban J connectivity index is 0.985. The lowest BCUT2D eigenvalue weighted by molar-refractivity contribution is -0.680. The van der Waals surface area contributed by atoms with Gasteiger partial charge in [-0.3, -0.25) is 4.79 Å². The number of hydrogen-bond donors (Lipinski definition) is 1. The number of nitrogens with one attached hydrogen (secondary N) is 1. The molecule has 5 saturated carbocycles. The van der Waals surface area contributed by atoms with E-state index in [2.05, 4.69) is 17.1 Å². The highest BCUT2D eigenvalue weighted by molar-refractivity contribution is 5.81. The van der Waals surface area contributed by atoms with Gasteiger partial charge in [0.1, 0.15) is 5.78 Å². The van der Waals surface area contributed by atoms with Crippen LogP contribution in [0.2, 0.25) is 0 Å². The van der Waals surface area contributed by atoms with Gasteiger partial charge in [0, 0.05) is 69.7 Å². The van der Waals surface area contributed by atoms with Gasteiger partial charge in [0.15, 0.2) is 0 Å². The Morgan fingerprint density at radius 1 is 0.938 bits per heavy atom. The van der Waals surface area contributed by atoms with Crippen molar-refractivity contribution in [3.8, 4) is 0 Å². The summed E-state index contributed by atoms with van der Waals surface area (Å²) in [7, 11) is 0. The Morgan fingerprint density at radius 3 is 2.12 bits per heavy atom. The van der Waals surface area contributed by atoms with Gasteiger partial charge in [-0.1, -0.05) is 6.92 Å². The maximum Gasteiger partial charge on any atom is 0.239 e. The monoisotopic (exact) mass is 448 g/mol. The first-order valence-electron chi connectivity index (χ1n) is 13.2. The molecule has 7 aliphatic rings. The highest BCUT2D eigenvalue weighted by Crippen LogP contribution is 2.62. The predicted octanol–water partition coefficient (Wildman–Crippen LogP) is 3.44. The molecular formula is C25H40N2O5. The maximum absolute atomic E-state index is 12.8. The average Bonchev–Trinajstić information content (AvgIpc) is 2.80. The summed E-state index contributed by atoms with van der Waals surface area (Å²) in [6.45, 7) is 7.12. The number of nitrogens with zero attached hydrogens (tertiary/aromatic N) is 1. The van der Waals surface area contributed by atoms with E-state index in [1.54, 1.807) is 0 Å². The zero-order chi connectivity index (χ0) is 21.8. The smallest absolute Gasteiger partial charge is 0.239 e. The molecule has 7 rings (SSSR count). The third kappa shape index (κ3) is 3.97. The first-order chi connectivity index (χ1) is 15.5. The predicted molar refractivity (Wildman–Crippen MR) is 117 cm³/mol. The lowest BCUT2D eigenvalue weighted by Crippen LogP contribution is -2.64. The van der Waals surface area contributed by atoms with Crippen molar-refractivity contribution in [3.05, 3.63) is 0 Å². The standard InChI is InChI=1S/C25H40N2O5/c1-17(16-27-8-6-26-7-9-27)23(28)15-18-2-4-24(5-3-18)29-31-25(32-30-24)21-11-19-10-20(13-21)14-22(25)12-19/h17-22,26H,2-16H2,1H3. The number of rotatable bonds is 5. The molecule has 0 aromatic rings. The minimum Gasteiger partial charge on any atom is -0.314 e. The molecule has 5 aliphatic carbocycles. The topological polar surface area (TPSA) is 69.3 Å². The lowest BCUT2D eigenvalue weighted by Gasteiger charge is -2.60. The molecule has 1 N–H and O–H groups in total. The van der Waals surface area contributed by atoms with Crippen LogP contribution in [0.3, 0.4) is 0 Å². The molecule has 0 aromatic heterocycles. The highest BCUT2D eigenvalue weighted by atomic mass is 17.4. The molecule has 0 amide bonds. The second-order valence-electron chi connectivity index (χ2n) is 11.8. The van der Waals surface area contributed by atoms with Gasteiger partial charge >= 0.3 is 0 Å². The lowest BCUT2D eigenvalue weighted by atomic mass is 9.53. The van der Waals surface area contributed by atoms with Crippen molar-refractivity contribution in [2.45, 2.75) is 82.7 Å². The minimum absolute atomic E-state index is 0.106. The van der Waals surface area contributed by atoms with E-state index in [4.69, 9.17) is 19.6 Å². The first-order valence-corrected chi connectivity index (χ1v) is 13.2. The summed E-state index contributed by atoms with van der Waals surface area (Å²) < 4.78 is 0. The van der Waals surface area contributed by atoms with Crippen molar-refractivity contribution in [1.29, 1.82) is 0 Å². The van der Waals surface area contributed by atoms with E-state index in [0.717, 1.165) is 70.2 Å². The van der Waals surface area contributed by atoms with E-state index in [9.17, 15) is 4.79 Å². The molecule has 2 heterocycles. The van der Waals surface area contributed by atoms with Gasteiger partial charge in [0.2, 0.25) is 11.6 Å². The van der Waals surface area contributed by atoms with Gasteiger partial charge < -0.3 is 10.2 Å². The van der Waals surface area contributed by atoms with Crippen LogP contribution >= 0.6 is 0 Å². The van der Waals surface area contributed by atoms with Crippen molar-refractivity contribution < 1.29 is 24.3 Å². The molecular weight excluding hydrogens is 408 g/mol. The quantitative estimate of drug-likeness (QED) is 0.646. The minimum atomic E-state index is -0.786. The van der Waals surface area contributed by atoms with Crippen molar-refractivity contribution in [2.75, 3.05) is 32.7 Å². The third-order valence-electron chi connectivity index (χ3n) is 9.57. The van der Waals surface area contributed by atoms with Gasteiger partial charge in [-0.2, -0.15) is 19.6 Å². The van der Waals surface area contributed by atoms with E-state index < -0.39 is 11.6 Å². The van der Waals surface area contributed by atoms with E-state index >= 15 is 0 Å². The van der Waals surface area contributed by atoms with Crippen LogP contribution < -0.4 is 5.32 Å². The molecule has 4 bridgehead atoms. The molecule has 7 nitrogen and oxygen atoms in total. The number of ketones is 1. The molecule has 180 valence electrons. The Bertz CT molecular complexity index is 660. The average molecular weight is 449 g/mol. The molecule has 7 fully saturated rings. The highest BCUT2D eigenvalue weighted by Gasteiger charge is 2.64. The van der Waals surface area contributed by atoms with E-state index in [0.29, 0.717) is 30.0 Å². The Hall–Kier alpha value is -0.570. The fraction of sp³-hybridized carbons (Fsp3) is 0.960. The van der Waals surface area contributed by atoms with Crippen molar-refractivity contribution in [2.24, 2.45) is 35.5 Å². The second-order valence-corrected chi connectivity index (χ2v) is 11.8. The molecule has 0 radical (unpaired) electrons. The largest absolute Gasteiger partial charge is 0.314 e. The van der Waals surface area contributed by atoms with Crippen LogP contribution in [0, 0.1) is 35.5 Å². The van der Waals surface area contributed by atoms with E-state index in [1.807, 2.05) is 0 Å². The Kier molecular flexibility index (Phi) is 5.88. The van der Waals surface area contributed by atoms with Gasteiger partial charge in [-0.25, -0.2) is 0 Å². The number of piperazine rings is 1. The molecule has 2 aliphatic heterocycles. The van der Waals surface area contributed by atoms with Crippen molar-refractivity contribution in [1.82, 2.24) is 10.2 Å². The van der Waals surface area contributed by atoms with Gasteiger partial charge in [-0.05, 0) is 62.7 Å². The maximum atomic E-state index is 12.8. The first kappa shape index (κ1) is 21.9. The molecule has 32 heavy (non-hydrogen) atoms. The van der Waals surface area contributed by atoms with Crippen molar-refractivity contribution in [3.63, 3.8) is 0 Å². The SMILES string of the molecule is CC(CN1CCNCC1)C(=O)CC1CCC2(CC1)OOC1(OO2)C2CC3CC(C2)CC1C3. The molecule has 1 unspecified atom stereocenters. The van der Waals surface area contributed by atoms with E-state index in [-0.39, 0.29) is 5.92 Å². The van der Waals surface area contributed by atoms with Gasteiger partial charge in [-0.15, -0.1) is 0 Å². The summed E-state index contributed by atoms with van der Waals surface area (Å²) in [5.74, 6) is 1.94. The summed E-state index contributed by atoms with van der Waals surface area (Å²) in [5.41, 5.74) is 0. The van der Waals surface area contributed by atoms with Crippen LogP contribution in [0.4, 0.5) is 0 Å². The number of carbonyl (C=O) groups is 1. The van der Waals surface area contributed by atoms with Crippen LogP contribution in [-0.4, -0.2) is 55.0 Å². The number of Topliss-reactive ketones (excluding diaryl/α,β-unsaturated/α-hetero) is 1. The molecule has 0 aromatic carbocycles. The number of hydrogen-bond acceptors (Lipinski definition) is 7. The van der Waals surface area contributed by atoms with Crippen LogP contribution in [0.25, 0.3) is 0 Å². The molecule has 7 heteroatoms. The number of carbonyl (C=O) groups excluding carboxylic acids is 1. The summed E-state index contributed by atoms with van der Waals surface area (Å²) in [6, 6.07) is 0. The Labute approximate surface area is 191 Å². The van der Waals surface area contributed by atoms with Crippen LogP contribution in [-0.2, 0) is 24.3 Å². The molecule has 1 atom stereocenters. The summed E-state index contributed by atoms with van der Waals surface area (Å²) in [4.78, 5) is 39.6. The molecule has 2 saturated heterocycles. The summed E-state index contributed by atoms with van der Waals surface area (Å²) in [5, 5.41) is 3.37. The van der Waals surface area contributed by atoms with Crippen LogP contribution in [0.5, 0.6) is 0 Å². The zero-order valence-corrected chi connectivity index (χ0v) is 19.6. The van der Waals surface area contributed by atoms with E-state index in [1.165, 1.54) is 32.1 Å². The second kappa shape index (κ2) is 8.58. The normalized spacial score (nSPS) is 47.2. The van der Waals surface area contributed by atoms with Crippen LogP contribution in [0.15, 0.2) is 0 Å². The van der Waals surface area contributed by atoms with Gasteiger partial charge in [0.05, 0.1) is 0 Å². The van der Waals surface area contributed by atoms with Gasteiger partial charge in [0.25, 0.3) is 0 Å². The Morgan fingerprint density at radius 2 is 1.53 bits per heavy atom. The van der Waals surface area contributed by atoms with Crippen LogP contribution in [0.1, 0.15) is 71.1 Å². The zero-order valence-electron chi connectivity index (χ0n) is 19.6. The summed E-state index contributed by atoms with van der Waals surface area (Å²) in [6.07, 6.45) is 10.1.